The molecule has 1 aromatic heterocycles. The maximum absolute atomic E-state index is 13.5. The van der Waals surface area contributed by atoms with Gasteiger partial charge in [0.1, 0.15) is 12.3 Å². The molecule has 0 radical (unpaired) electrons. The molecular weight excluding hydrogens is 546 g/mol. The molecule has 0 saturated carbocycles. The molecule has 4 rings (SSSR count). The van der Waals surface area contributed by atoms with E-state index in [1.165, 1.54) is 4.68 Å². The van der Waals surface area contributed by atoms with Crippen molar-refractivity contribution in [2.24, 2.45) is 0 Å². The normalized spacial score (nSPS) is 14.3. The van der Waals surface area contributed by atoms with Crippen LogP contribution in [0.1, 0.15) is 12.5 Å². The number of hydrogen-bond donors (Lipinski definition) is 0. The van der Waals surface area contributed by atoms with Crippen molar-refractivity contribution in [3.05, 3.63) is 78.6 Å². The van der Waals surface area contributed by atoms with Crippen LogP contribution in [-0.4, -0.2) is 60.7 Å². The van der Waals surface area contributed by atoms with Gasteiger partial charge in [0, 0.05) is 65.0 Å². The quantitative estimate of drug-likeness (QED) is 0.312. The molecule has 3 aromatic rings. The van der Waals surface area contributed by atoms with Crippen LogP contribution in [0.5, 0.6) is 5.75 Å². The van der Waals surface area contributed by atoms with Crippen molar-refractivity contribution in [2.75, 3.05) is 50.9 Å². The molecule has 0 amide bonds. The Kier molecular flexibility index (Phi) is 9.39. The number of piperazine rings is 1. The van der Waals surface area contributed by atoms with Gasteiger partial charge in [-0.1, -0.05) is 52.5 Å². The van der Waals surface area contributed by atoms with Gasteiger partial charge in [-0.25, -0.2) is 0 Å². The highest BCUT2D eigenvalue weighted by molar-refractivity contribution is 6.36. The fraction of sp³-hybridized carbons (Fsp3) is 0.360. The molecule has 1 fully saturated rings. The molecule has 1 aliphatic rings. The van der Waals surface area contributed by atoms with E-state index < -0.39 is 5.56 Å². The third kappa shape index (κ3) is 6.46. The largest absolute Gasteiger partial charge is 0.484 e. The van der Waals surface area contributed by atoms with Gasteiger partial charge in [0.2, 0.25) is 5.75 Å². The molecule has 1 saturated heterocycles. The van der Waals surface area contributed by atoms with E-state index in [0.29, 0.717) is 64.3 Å². The monoisotopic (exact) mass is 570 g/mol. The zero-order chi connectivity index (χ0) is 25.7. The van der Waals surface area contributed by atoms with Gasteiger partial charge >= 0.3 is 5.56 Å². The smallest absolute Gasteiger partial charge is 0.316 e. The summed E-state index contributed by atoms with van der Waals surface area (Å²) in [5.41, 5.74) is 1.61. The Balaban J connectivity index is 1.56. The molecular formula is C25H26Cl4N4O3. The molecule has 0 aliphatic carbocycles. The van der Waals surface area contributed by atoms with Gasteiger partial charge < -0.3 is 14.4 Å². The maximum atomic E-state index is 13.5. The molecule has 0 bridgehead atoms. The number of benzene rings is 2. The summed E-state index contributed by atoms with van der Waals surface area (Å²) in [4.78, 5) is 17.9. The summed E-state index contributed by atoms with van der Waals surface area (Å²) >= 11 is 25.0. The molecule has 0 N–H and O–H groups in total. The Labute approximate surface area is 230 Å². The minimum absolute atomic E-state index is 0.211. The lowest BCUT2D eigenvalue weighted by Crippen LogP contribution is -2.46. The van der Waals surface area contributed by atoms with Crippen molar-refractivity contribution in [3.63, 3.8) is 0 Å². The summed E-state index contributed by atoms with van der Waals surface area (Å²) in [6.45, 7) is 6.60. The molecule has 0 unspecified atom stereocenters. The van der Waals surface area contributed by atoms with Gasteiger partial charge in [0.05, 0.1) is 18.5 Å². The van der Waals surface area contributed by atoms with E-state index >= 15 is 0 Å². The number of rotatable bonds is 9. The van der Waals surface area contributed by atoms with Gasteiger partial charge in [0.25, 0.3) is 0 Å². The molecule has 1 aliphatic heterocycles. The Hall–Kier alpha value is -2.00. The minimum Gasteiger partial charge on any atom is -0.484 e. The first kappa shape index (κ1) is 27.0. The highest BCUT2D eigenvalue weighted by Gasteiger charge is 2.24. The maximum Gasteiger partial charge on any atom is 0.316 e. The topological polar surface area (TPSA) is 59.8 Å². The third-order valence-electron chi connectivity index (χ3n) is 5.84. The average molecular weight is 572 g/mol. The highest BCUT2D eigenvalue weighted by atomic mass is 35.5. The fourth-order valence-electron chi connectivity index (χ4n) is 4.04. The first-order valence-electron chi connectivity index (χ1n) is 11.6. The Morgan fingerprint density at radius 1 is 0.944 bits per heavy atom. The van der Waals surface area contributed by atoms with E-state index in [1.54, 1.807) is 24.4 Å². The standard InChI is InChI=1S/C25H26Cl4N4O3/c1-2-35-10-11-36-24-23(15-30-33(25(24)34)19-13-17(26)12-18(27)14-19)32-8-6-31(7-9-32)16-20-21(28)4-3-5-22(20)29/h3-5,12-15H,2,6-11,16H2,1H3. The van der Waals surface area contributed by atoms with E-state index in [2.05, 4.69) is 14.9 Å². The Morgan fingerprint density at radius 2 is 1.61 bits per heavy atom. The van der Waals surface area contributed by atoms with Crippen molar-refractivity contribution in [1.29, 1.82) is 0 Å². The van der Waals surface area contributed by atoms with Crippen LogP contribution < -0.4 is 15.2 Å². The summed E-state index contributed by atoms with van der Waals surface area (Å²) in [5.74, 6) is 0.211. The van der Waals surface area contributed by atoms with Crippen molar-refractivity contribution in [1.82, 2.24) is 14.7 Å². The Morgan fingerprint density at radius 3 is 2.25 bits per heavy atom. The molecule has 0 spiro atoms. The zero-order valence-electron chi connectivity index (χ0n) is 19.7. The number of nitrogens with zero attached hydrogens (tertiary/aromatic N) is 4. The van der Waals surface area contributed by atoms with E-state index in [4.69, 9.17) is 55.9 Å². The third-order valence-corrected chi connectivity index (χ3v) is 6.99. The van der Waals surface area contributed by atoms with Crippen LogP contribution in [-0.2, 0) is 11.3 Å². The van der Waals surface area contributed by atoms with E-state index in [0.717, 1.165) is 18.7 Å². The van der Waals surface area contributed by atoms with E-state index in [1.807, 2.05) is 25.1 Å². The second-order valence-electron chi connectivity index (χ2n) is 8.21. The summed E-state index contributed by atoms with van der Waals surface area (Å²) in [5, 5.41) is 6.53. The number of anilines is 1. The van der Waals surface area contributed by atoms with Crippen LogP contribution in [0.25, 0.3) is 5.69 Å². The SMILES string of the molecule is CCOCCOc1c(N2CCN(Cc3c(Cl)cccc3Cl)CC2)cnn(-c2cc(Cl)cc(Cl)c2)c1=O. The molecule has 36 heavy (non-hydrogen) atoms. The number of hydrogen-bond acceptors (Lipinski definition) is 6. The van der Waals surface area contributed by atoms with Crippen LogP contribution in [0.3, 0.4) is 0 Å². The molecule has 11 heteroatoms. The van der Waals surface area contributed by atoms with E-state index in [9.17, 15) is 4.79 Å². The highest BCUT2D eigenvalue weighted by Crippen LogP contribution is 2.29. The second-order valence-corrected chi connectivity index (χ2v) is 9.90. The van der Waals surface area contributed by atoms with Crippen LogP contribution in [0, 0.1) is 0 Å². The predicted octanol–water partition coefficient (Wildman–Crippen LogP) is 5.58. The molecule has 7 nitrogen and oxygen atoms in total. The van der Waals surface area contributed by atoms with Crippen LogP contribution in [0.15, 0.2) is 47.4 Å². The fourth-order valence-corrected chi connectivity index (χ4v) is 5.07. The van der Waals surface area contributed by atoms with Gasteiger partial charge in [-0.2, -0.15) is 9.78 Å². The van der Waals surface area contributed by atoms with Crippen LogP contribution >= 0.6 is 46.4 Å². The van der Waals surface area contributed by atoms with Gasteiger partial charge in [0.15, 0.2) is 0 Å². The molecule has 192 valence electrons. The van der Waals surface area contributed by atoms with E-state index in [-0.39, 0.29) is 12.4 Å². The van der Waals surface area contributed by atoms with Crippen LogP contribution in [0.4, 0.5) is 5.69 Å². The van der Waals surface area contributed by atoms with Gasteiger partial charge in [-0.15, -0.1) is 0 Å². The molecule has 2 heterocycles. The lowest BCUT2D eigenvalue weighted by atomic mass is 10.2. The summed E-state index contributed by atoms with van der Waals surface area (Å²) < 4.78 is 12.6. The predicted molar refractivity (Wildman–Crippen MR) is 146 cm³/mol. The van der Waals surface area contributed by atoms with Crippen molar-refractivity contribution >= 4 is 52.1 Å². The number of halogens is 4. The Bertz CT molecular complexity index is 1220. The lowest BCUT2D eigenvalue weighted by Gasteiger charge is -2.36. The van der Waals surface area contributed by atoms with Crippen molar-refractivity contribution in [2.45, 2.75) is 13.5 Å². The molecule has 0 atom stereocenters. The first-order valence-corrected chi connectivity index (χ1v) is 13.1. The number of aromatic nitrogens is 2. The lowest BCUT2D eigenvalue weighted by molar-refractivity contribution is 0.109. The average Bonchev–Trinajstić information content (AvgIpc) is 2.85. The number of ether oxygens (including phenoxy) is 2. The minimum atomic E-state index is -0.396. The zero-order valence-corrected chi connectivity index (χ0v) is 22.7. The summed E-state index contributed by atoms with van der Waals surface area (Å²) in [6.07, 6.45) is 1.65. The summed E-state index contributed by atoms with van der Waals surface area (Å²) in [7, 11) is 0. The van der Waals surface area contributed by atoms with Crippen molar-refractivity contribution < 1.29 is 9.47 Å². The van der Waals surface area contributed by atoms with Gasteiger partial charge in [-0.3, -0.25) is 9.69 Å². The van der Waals surface area contributed by atoms with Crippen LogP contribution in [0.2, 0.25) is 20.1 Å². The molecule has 2 aromatic carbocycles. The first-order chi connectivity index (χ1) is 17.4. The summed E-state index contributed by atoms with van der Waals surface area (Å²) in [6, 6.07) is 10.4. The second kappa shape index (κ2) is 12.5. The van der Waals surface area contributed by atoms with Gasteiger partial charge in [-0.05, 0) is 37.3 Å². The van der Waals surface area contributed by atoms with Crippen molar-refractivity contribution in [3.8, 4) is 11.4 Å².